The zero-order valence-electron chi connectivity index (χ0n) is 20.1. The second-order valence-corrected chi connectivity index (χ2v) is 9.55. The van der Waals surface area contributed by atoms with Gasteiger partial charge >= 0.3 is 6.55 Å². The predicted octanol–water partition coefficient (Wildman–Crippen LogP) is 5.33. The number of pyridine rings is 1. The molecular weight excluding hydrogens is 533 g/mol. The number of aromatic amines is 1. The van der Waals surface area contributed by atoms with Gasteiger partial charge in [-0.1, -0.05) is 35.7 Å². The lowest BCUT2D eigenvalue weighted by Crippen LogP contribution is -2.33. The Morgan fingerprint density at radius 1 is 1.13 bits per heavy atom. The lowest BCUT2D eigenvalue weighted by molar-refractivity contribution is -0.659. The summed E-state index contributed by atoms with van der Waals surface area (Å²) in [5.41, 5.74) is 2.22. The minimum atomic E-state index is -2.90. The molecule has 1 atom stereocenters. The van der Waals surface area contributed by atoms with Crippen molar-refractivity contribution >= 4 is 17.3 Å². The summed E-state index contributed by atoms with van der Waals surface area (Å²) in [5, 5.41) is 18.2. The van der Waals surface area contributed by atoms with E-state index in [2.05, 4.69) is 35.6 Å². The van der Waals surface area contributed by atoms with Crippen LogP contribution >= 0.6 is 11.6 Å². The first-order valence-electron chi connectivity index (χ1n) is 11.9. The molecule has 1 N–H and O–H groups in total. The molecule has 1 saturated carbocycles. The fourth-order valence-corrected chi connectivity index (χ4v) is 4.74. The van der Waals surface area contributed by atoms with E-state index < -0.39 is 12.4 Å². The van der Waals surface area contributed by atoms with Crippen LogP contribution in [0.5, 0.6) is 0 Å². The molecule has 4 heterocycles. The average molecular weight is 552 g/mol. The third-order valence-electron chi connectivity index (χ3n) is 6.66. The maximum absolute atomic E-state index is 15.2. The summed E-state index contributed by atoms with van der Waals surface area (Å²) in [5.74, 6) is -0.126. The molecule has 39 heavy (non-hydrogen) atoms. The van der Waals surface area contributed by atoms with Crippen LogP contribution in [-0.2, 0) is 0 Å². The smallest absolute Gasteiger partial charge is 0.263 e. The Morgan fingerprint density at radius 3 is 2.64 bits per heavy atom. The van der Waals surface area contributed by atoms with Crippen LogP contribution < -0.4 is 4.68 Å². The Morgan fingerprint density at radius 2 is 1.97 bits per heavy atom. The standard InChI is InChI=1S/C25H18ClF3N10/c1-30-19-11-34-39(25(28)29)24(19)16-10-33-37(12-16)21(8-14-2-3-14)18-6-4-15(9-31-18)22-20(38-13-32-35-36-38)7-5-17(26)23(22)27/h4-7,9-14,21,25H,2-3,8H2/p+1. The number of rotatable bonds is 8. The molecule has 0 saturated heterocycles. The van der Waals surface area contributed by atoms with E-state index in [1.807, 2.05) is 0 Å². The Labute approximate surface area is 224 Å². The Kier molecular flexibility index (Phi) is 6.32. The number of alkyl halides is 2. The van der Waals surface area contributed by atoms with Crippen molar-refractivity contribution < 1.29 is 17.9 Å². The maximum Gasteiger partial charge on any atom is 0.332 e. The number of aromatic nitrogens is 9. The molecule has 0 amide bonds. The first-order chi connectivity index (χ1) is 18.9. The van der Waals surface area contributed by atoms with Crippen LogP contribution in [0.25, 0.3) is 32.9 Å². The quantitative estimate of drug-likeness (QED) is 0.208. The molecule has 0 bridgehead atoms. The van der Waals surface area contributed by atoms with Crippen LogP contribution in [-0.4, -0.2) is 40.1 Å². The van der Waals surface area contributed by atoms with E-state index in [4.69, 9.17) is 18.2 Å². The van der Waals surface area contributed by atoms with Crippen molar-refractivity contribution in [3.05, 3.63) is 83.3 Å². The SMILES string of the molecule is [C-]#[N+]c1cnn(C(F)F)c1-c1cnn(C(CC2CC2)c2ccc(-c3c(-[n+]4cnn[nH]4)ccc(Cl)c3F)cn2)c1. The molecule has 5 aromatic rings. The highest BCUT2D eigenvalue weighted by Crippen LogP contribution is 2.40. The molecule has 6 rings (SSSR count). The fourth-order valence-electron chi connectivity index (χ4n) is 4.59. The van der Waals surface area contributed by atoms with E-state index in [1.54, 1.807) is 35.3 Å². The summed E-state index contributed by atoms with van der Waals surface area (Å²) in [7, 11) is 0. The van der Waals surface area contributed by atoms with E-state index >= 15 is 4.39 Å². The number of tetrazole rings is 1. The molecule has 1 aliphatic rings. The van der Waals surface area contributed by atoms with Gasteiger partial charge in [0.1, 0.15) is 10.8 Å². The van der Waals surface area contributed by atoms with Gasteiger partial charge in [0.05, 0.1) is 47.0 Å². The van der Waals surface area contributed by atoms with Crippen molar-refractivity contribution in [2.45, 2.75) is 31.9 Å². The van der Waals surface area contributed by atoms with Gasteiger partial charge in [-0.25, -0.2) is 13.9 Å². The maximum atomic E-state index is 15.2. The summed E-state index contributed by atoms with van der Waals surface area (Å²) < 4.78 is 45.9. The lowest BCUT2D eigenvalue weighted by atomic mass is 10.0. The lowest BCUT2D eigenvalue weighted by Gasteiger charge is -2.18. The molecule has 1 aromatic carbocycles. The molecule has 0 spiro atoms. The highest BCUT2D eigenvalue weighted by Gasteiger charge is 2.30. The Hall–Kier alpha value is -4.57. The van der Waals surface area contributed by atoms with Gasteiger partial charge in [0.25, 0.3) is 6.33 Å². The van der Waals surface area contributed by atoms with Crippen molar-refractivity contribution in [2.24, 2.45) is 5.92 Å². The molecule has 4 aromatic heterocycles. The van der Waals surface area contributed by atoms with E-state index in [-0.39, 0.29) is 28.0 Å². The molecule has 1 fully saturated rings. The van der Waals surface area contributed by atoms with Crippen LogP contribution in [0.1, 0.15) is 37.5 Å². The third-order valence-corrected chi connectivity index (χ3v) is 6.95. The topological polar surface area (TPSA) is 98.3 Å². The molecule has 0 radical (unpaired) electrons. The number of benzene rings is 1. The predicted molar refractivity (Wildman–Crippen MR) is 133 cm³/mol. The summed E-state index contributed by atoms with van der Waals surface area (Å²) >= 11 is 6.09. The largest absolute Gasteiger partial charge is 0.332 e. The zero-order valence-corrected chi connectivity index (χ0v) is 20.8. The average Bonchev–Trinajstić information content (AvgIpc) is 3.33. The Balaban J connectivity index is 1.37. The zero-order chi connectivity index (χ0) is 27.1. The van der Waals surface area contributed by atoms with Crippen LogP contribution in [0.15, 0.2) is 55.4 Å². The van der Waals surface area contributed by atoms with Gasteiger partial charge in [-0.15, -0.1) is 4.68 Å². The highest BCUT2D eigenvalue weighted by atomic mass is 35.5. The molecule has 10 nitrogen and oxygen atoms in total. The minimum Gasteiger partial charge on any atom is -0.263 e. The second-order valence-electron chi connectivity index (χ2n) is 9.14. The molecule has 1 unspecified atom stereocenters. The first kappa shape index (κ1) is 24.7. The summed E-state index contributed by atoms with van der Waals surface area (Å²) in [6.45, 7) is 4.44. The first-order valence-corrected chi connectivity index (χ1v) is 12.3. The molecule has 196 valence electrons. The van der Waals surface area contributed by atoms with Crippen molar-refractivity contribution in [1.82, 2.24) is 40.1 Å². The number of hydrogen-bond donors (Lipinski definition) is 1. The van der Waals surface area contributed by atoms with Crippen molar-refractivity contribution in [3.8, 4) is 28.1 Å². The number of nitrogens with one attached hydrogen (secondary N) is 1. The van der Waals surface area contributed by atoms with Crippen molar-refractivity contribution in [2.75, 3.05) is 0 Å². The molecule has 14 heteroatoms. The van der Waals surface area contributed by atoms with Gasteiger partial charge in [-0.2, -0.15) is 19.0 Å². The second kappa shape index (κ2) is 9.95. The monoisotopic (exact) mass is 551 g/mol. The normalized spacial score (nSPS) is 14.1. The highest BCUT2D eigenvalue weighted by molar-refractivity contribution is 6.31. The number of H-pyrrole nitrogens is 1. The minimum absolute atomic E-state index is 0.00878. The van der Waals surface area contributed by atoms with Gasteiger partial charge in [0, 0.05) is 23.5 Å². The van der Waals surface area contributed by atoms with Crippen molar-refractivity contribution in [1.29, 1.82) is 0 Å². The van der Waals surface area contributed by atoms with Crippen LogP contribution in [0.4, 0.5) is 18.9 Å². The van der Waals surface area contributed by atoms with E-state index in [0.29, 0.717) is 33.1 Å². The third kappa shape index (κ3) is 4.63. The summed E-state index contributed by atoms with van der Waals surface area (Å²) in [6, 6.07) is 6.34. The molecule has 0 aliphatic heterocycles. The van der Waals surface area contributed by atoms with Gasteiger partial charge in [0.15, 0.2) is 11.0 Å². The van der Waals surface area contributed by atoms with Crippen LogP contribution in [0.3, 0.4) is 0 Å². The summed E-state index contributed by atoms with van der Waals surface area (Å²) in [6.07, 6.45) is 10.1. The number of hydrogen-bond acceptors (Lipinski definition) is 5. The van der Waals surface area contributed by atoms with Gasteiger partial charge < -0.3 is 0 Å². The van der Waals surface area contributed by atoms with Gasteiger partial charge in [0.2, 0.25) is 5.69 Å². The Bertz CT molecular complexity index is 1670. The van der Waals surface area contributed by atoms with Crippen molar-refractivity contribution in [3.63, 3.8) is 0 Å². The number of nitrogens with zero attached hydrogens (tertiary/aromatic N) is 9. The van der Waals surface area contributed by atoms with E-state index in [9.17, 15) is 8.78 Å². The van der Waals surface area contributed by atoms with Crippen LogP contribution in [0.2, 0.25) is 5.02 Å². The number of halogens is 4. The fraction of sp³-hybridized carbons (Fsp3) is 0.240. The molecular formula is C25H19ClF3N10+. The summed E-state index contributed by atoms with van der Waals surface area (Å²) in [4.78, 5) is 7.98. The van der Waals surface area contributed by atoms with Crippen LogP contribution in [0, 0.1) is 18.3 Å². The van der Waals surface area contributed by atoms with Gasteiger partial charge in [-0.05, 0) is 30.5 Å². The van der Waals surface area contributed by atoms with Gasteiger partial charge in [-0.3, -0.25) is 9.67 Å². The van der Waals surface area contributed by atoms with E-state index in [1.165, 1.54) is 23.3 Å². The molecule has 1 aliphatic carbocycles. The van der Waals surface area contributed by atoms with E-state index in [0.717, 1.165) is 25.5 Å².